The number of hydrogen-bond donors (Lipinski definition) is 1. The van der Waals surface area contributed by atoms with Gasteiger partial charge in [-0.3, -0.25) is 9.79 Å². The summed E-state index contributed by atoms with van der Waals surface area (Å²) in [6.45, 7) is 7.62. The van der Waals surface area contributed by atoms with Crippen LogP contribution < -0.4 is 10.1 Å². The Hall–Kier alpha value is -2.24. The molecule has 1 saturated heterocycles. The Morgan fingerprint density at radius 1 is 1.23 bits per heavy atom. The summed E-state index contributed by atoms with van der Waals surface area (Å²) in [4.78, 5) is 18.3. The number of esters is 1. The number of para-hydroxylation sites is 1. The highest BCUT2D eigenvalue weighted by Crippen LogP contribution is 2.18. The van der Waals surface area contributed by atoms with Gasteiger partial charge in [0.15, 0.2) is 5.96 Å². The van der Waals surface area contributed by atoms with Gasteiger partial charge in [-0.05, 0) is 32.4 Å². The van der Waals surface area contributed by atoms with Gasteiger partial charge in [-0.2, -0.15) is 0 Å². The van der Waals surface area contributed by atoms with Gasteiger partial charge in [-0.1, -0.05) is 18.2 Å². The zero-order valence-corrected chi connectivity index (χ0v) is 15.9. The summed E-state index contributed by atoms with van der Waals surface area (Å²) in [7, 11) is 0. The van der Waals surface area contributed by atoms with Crippen molar-refractivity contribution in [3.8, 4) is 5.75 Å². The molecule has 6 heteroatoms. The molecule has 0 unspecified atom stereocenters. The monoisotopic (exact) mass is 361 g/mol. The van der Waals surface area contributed by atoms with Crippen LogP contribution in [0.3, 0.4) is 0 Å². The molecule has 6 nitrogen and oxygen atoms in total. The van der Waals surface area contributed by atoms with Crippen molar-refractivity contribution in [1.29, 1.82) is 0 Å². The van der Waals surface area contributed by atoms with E-state index in [0.717, 1.165) is 44.2 Å². The second-order valence-corrected chi connectivity index (χ2v) is 6.26. The third-order valence-electron chi connectivity index (χ3n) is 4.23. The van der Waals surface area contributed by atoms with E-state index in [1.54, 1.807) is 0 Å². The van der Waals surface area contributed by atoms with Gasteiger partial charge in [0.2, 0.25) is 0 Å². The maximum absolute atomic E-state index is 11.4. The van der Waals surface area contributed by atoms with E-state index in [1.165, 1.54) is 0 Å². The van der Waals surface area contributed by atoms with Crippen LogP contribution in [-0.4, -0.2) is 55.7 Å². The number of benzene rings is 1. The normalized spacial score (nSPS) is 15.6. The van der Waals surface area contributed by atoms with E-state index in [9.17, 15) is 4.79 Å². The van der Waals surface area contributed by atoms with Gasteiger partial charge in [0.1, 0.15) is 11.9 Å². The molecule has 1 aromatic carbocycles. The van der Waals surface area contributed by atoms with E-state index >= 15 is 0 Å². The van der Waals surface area contributed by atoms with Crippen molar-refractivity contribution in [2.24, 2.45) is 4.99 Å². The predicted octanol–water partition coefficient (Wildman–Crippen LogP) is 2.84. The quantitative estimate of drug-likeness (QED) is 0.334. The van der Waals surface area contributed by atoms with Gasteiger partial charge in [-0.25, -0.2) is 0 Å². The van der Waals surface area contributed by atoms with Crippen LogP contribution in [0.1, 0.15) is 39.5 Å². The highest BCUT2D eigenvalue weighted by molar-refractivity contribution is 5.80. The topological polar surface area (TPSA) is 63.2 Å². The maximum atomic E-state index is 11.4. The number of hydrogen-bond acceptors (Lipinski definition) is 4. The van der Waals surface area contributed by atoms with Crippen LogP contribution in [0, 0.1) is 0 Å². The molecule has 0 atom stereocenters. The van der Waals surface area contributed by atoms with Gasteiger partial charge < -0.3 is 19.7 Å². The third kappa shape index (κ3) is 6.94. The molecule has 0 saturated carbocycles. The Bertz CT molecular complexity index is 555. The summed E-state index contributed by atoms with van der Waals surface area (Å²) in [5.74, 6) is 1.71. The number of nitrogens with zero attached hydrogens (tertiary/aromatic N) is 2. The van der Waals surface area contributed by atoms with Crippen molar-refractivity contribution in [3.05, 3.63) is 30.3 Å². The number of nitrogens with one attached hydrogen (secondary N) is 1. The molecule has 0 bridgehead atoms. The van der Waals surface area contributed by atoms with Crippen LogP contribution in [0.15, 0.2) is 35.3 Å². The van der Waals surface area contributed by atoms with Crippen LogP contribution in [0.25, 0.3) is 0 Å². The van der Waals surface area contributed by atoms with Crippen LogP contribution in [0.5, 0.6) is 5.75 Å². The first-order valence-electron chi connectivity index (χ1n) is 9.63. The number of piperidine rings is 1. The third-order valence-corrected chi connectivity index (χ3v) is 4.23. The summed E-state index contributed by atoms with van der Waals surface area (Å²) in [5, 5.41) is 3.35. The van der Waals surface area contributed by atoms with Crippen molar-refractivity contribution < 1.29 is 14.3 Å². The molecule has 1 fully saturated rings. The Kier molecular flexibility index (Phi) is 8.79. The van der Waals surface area contributed by atoms with Crippen molar-refractivity contribution >= 4 is 11.9 Å². The molecule has 0 aliphatic carbocycles. The lowest BCUT2D eigenvalue weighted by Gasteiger charge is -2.34. The maximum Gasteiger partial charge on any atom is 0.305 e. The lowest BCUT2D eigenvalue weighted by atomic mass is 10.1. The largest absolute Gasteiger partial charge is 0.490 e. The fourth-order valence-corrected chi connectivity index (χ4v) is 2.94. The fourth-order valence-electron chi connectivity index (χ4n) is 2.94. The predicted molar refractivity (Wildman–Crippen MR) is 104 cm³/mol. The standard InChI is InChI=1S/C20H31N3O3/c1-3-21-20(22-14-8-11-19(24)25-4-2)23-15-12-18(13-16-23)26-17-9-6-5-7-10-17/h5-7,9-10,18H,3-4,8,11-16H2,1-2H3,(H,21,22). The summed E-state index contributed by atoms with van der Waals surface area (Å²) in [6, 6.07) is 9.99. The number of rotatable bonds is 8. The minimum absolute atomic E-state index is 0.147. The average Bonchev–Trinajstić information content (AvgIpc) is 2.66. The number of aliphatic imine (C=N–C) groups is 1. The summed E-state index contributed by atoms with van der Waals surface area (Å²) < 4.78 is 11.0. The lowest BCUT2D eigenvalue weighted by Crippen LogP contribution is -2.47. The van der Waals surface area contributed by atoms with E-state index in [4.69, 9.17) is 9.47 Å². The first-order valence-corrected chi connectivity index (χ1v) is 9.63. The number of carbonyl (C=O) groups excluding carboxylic acids is 1. The van der Waals surface area contributed by atoms with E-state index in [2.05, 4.69) is 22.1 Å². The fraction of sp³-hybridized carbons (Fsp3) is 0.600. The molecule has 1 aliphatic heterocycles. The molecule has 1 heterocycles. The second-order valence-electron chi connectivity index (χ2n) is 6.26. The molecule has 1 aromatic rings. The summed E-state index contributed by atoms with van der Waals surface area (Å²) in [5.41, 5.74) is 0. The Balaban J connectivity index is 1.77. The average molecular weight is 361 g/mol. The molecule has 0 aromatic heterocycles. The van der Waals surface area contributed by atoms with Crippen molar-refractivity contribution in [2.75, 3.05) is 32.8 Å². The minimum atomic E-state index is -0.147. The Morgan fingerprint density at radius 3 is 2.62 bits per heavy atom. The molecule has 26 heavy (non-hydrogen) atoms. The van der Waals surface area contributed by atoms with Gasteiger partial charge >= 0.3 is 5.97 Å². The first kappa shape index (κ1) is 20.1. The SMILES string of the molecule is CCNC(=NCCCC(=O)OCC)N1CCC(Oc2ccccc2)CC1. The summed E-state index contributed by atoms with van der Waals surface area (Å²) >= 11 is 0. The highest BCUT2D eigenvalue weighted by Gasteiger charge is 2.22. The highest BCUT2D eigenvalue weighted by atomic mass is 16.5. The zero-order valence-electron chi connectivity index (χ0n) is 15.9. The Morgan fingerprint density at radius 2 is 1.96 bits per heavy atom. The van der Waals surface area contributed by atoms with Crippen molar-refractivity contribution in [2.45, 2.75) is 45.6 Å². The molecular formula is C20H31N3O3. The van der Waals surface area contributed by atoms with E-state index < -0.39 is 0 Å². The Labute approximate surface area is 156 Å². The molecule has 144 valence electrons. The lowest BCUT2D eigenvalue weighted by molar-refractivity contribution is -0.143. The number of carbonyl (C=O) groups is 1. The van der Waals surface area contributed by atoms with Gasteiger partial charge in [-0.15, -0.1) is 0 Å². The van der Waals surface area contributed by atoms with Gasteiger partial charge in [0, 0.05) is 45.4 Å². The van der Waals surface area contributed by atoms with Crippen LogP contribution in [-0.2, 0) is 9.53 Å². The van der Waals surface area contributed by atoms with Crippen LogP contribution in [0.2, 0.25) is 0 Å². The van der Waals surface area contributed by atoms with E-state index in [1.807, 2.05) is 37.3 Å². The molecule has 0 radical (unpaired) electrons. The molecule has 1 N–H and O–H groups in total. The summed E-state index contributed by atoms with van der Waals surface area (Å²) in [6.07, 6.45) is 3.33. The van der Waals surface area contributed by atoms with E-state index in [-0.39, 0.29) is 12.1 Å². The van der Waals surface area contributed by atoms with E-state index in [0.29, 0.717) is 26.0 Å². The molecule has 1 aliphatic rings. The number of guanidine groups is 1. The molecule has 0 spiro atoms. The van der Waals surface area contributed by atoms with Crippen LogP contribution >= 0.6 is 0 Å². The zero-order chi connectivity index (χ0) is 18.6. The second kappa shape index (κ2) is 11.4. The number of likely N-dealkylation sites (tertiary alicyclic amines) is 1. The van der Waals surface area contributed by atoms with Gasteiger partial charge in [0.05, 0.1) is 6.61 Å². The number of ether oxygens (including phenoxy) is 2. The first-order chi connectivity index (χ1) is 12.7. The van der Waals surface area contributed by atoms with Gasteiger partial charge in [0.25, 0.3) is 0 Å². The van der Waals surface area contributed by atoms with Crippen LogP contribution in [0.4, 0.5) is 0 Å². The smallest absolute Gasteiger partial charge is 0.305 e. The molecule has 0 amide bonds. The van der Waals surface area contributed by atoms with Crippen molar-refractivity contribution in [1.82, 2.24) is 10.2 Å². The van der Waals surface area contributed by atoms with Crippen molar-refractivity contribution in [3.63, 3.8) is 0 Å². The molecular weight excluding hydrogens is 330 g/mol. The minimum Gasteiger partial charge on any atom is -0.490 e. The molecule has 2 rings (SSSR count).